The molecule has 0 fully saturated rings. The molecule has 8 heteroatoms. The van der Waals surface area contributed by atoms with Crippen molar-refractivity contribution in [1.29, 1.82) is 0 Å². The van der Waals surface area contributed by atoms with E-state index in [0.717, 1.165) is 6.42 Å². The van der Waals surface area contributed by atoms with Gasteiger partial charge < -0.3 is 10.6 Å². The molecule has 1 aromatic carbocycles. The fourth-order valence-electron chi connectivity index (χ4n) is 2.21. The molecule has 25 heavy (non-hydrogen) atoms. The van der Waals surface area contributed by atoms with Gasteiger partial charge in [0.1, 0.15) is 0 Å². The van der Waals surface area contributed by atoms with Crippen LogP contribution in [0.4, 0.5) is 5.69 Å². The van der Waals surface area contributed by atoms with Crippen LogP contribution in [-0.4, -0.2) is 44.6 Å². The molecule has 0 aliphatic heterocycles. The van der Waals surface area contributed by atoms with Gasteiger partial charge in [0.15, 0.2) is 0 Å². The molecular weight excluding hydrogens is 362 g/mol. The van der Waals surface area contributed by atoms with Gasteiger partial charge in [0, 0.05) is 30.9 Å². The van der Waals surface area contributed by atoms with Crippen molar-refractivity contribution in [3.05, 3.63) is 29.8 Å². The van der Waals surface area contributed by atoms with Gasteiger partial charge in [0.05, 0.1) is 5.75 Å². The Morgan fingerprint density at radius 3 is 2.52 bits per heavy atom. The Kier molecular flexibility index (Phi) is 10.1. The Hall–Kier alpha value is -1.31. The molecule has 1 amide bonds. The van der Waals surface area contributed by atoms with E-state index >= 15 is 0 Å². The van der Waals surface area contributed by atoms with Crippen LogP contribution in [0.2, 0.25) is 0 Å². The molecule has 1 aromatic rings. The average Bonchev–Trinajstić information content (AvgIpc) is 2.50. The molecule has 0 bridgehead atoms. The number of carbonyl (C=O) groups is 1. The Bertz CT molecular complexity index is 650. The Morgan fingerprint density at radius 1 is 1.32 bits per heavy atom. The minimum absolute atomic E-state index is 0. The molecule has 0 saturated heterocycles. The number of hydrogen-bond acceptors (Lipinski definition) is 4. The standard InChI is InChI=1S/C17H29N3O3S.ClH/c1-5-11-24(22,23)19-15-8-6-7-14(12-15)17(21)20(4)10-9-16(18)13(2)3;/h6-8,12-13,16,19H,5,9-11,18H2,1-4H3;1H. The number of rotatable bonds is 9. The first-order chi connectivity index (χ1) is 11.2. The van der Waals surface area contributed by atoms with Gasteiger partial charge in [-0.05, 0) is 37.0 Å². The van der Waals surface area contributed by atoms with E-state index < -0.39 is 10.0 Å². The van der Waals surface area contributed by atoms with Crippen molar-refractivity contribution in [3.63, 3.8) is 0 Å². The smallest absolute Gasteiger partial charge is 0.253 e. The number of halogens is 1. The molecule has 0 aliphatic rings. The summed E-state index contributed by atoms with van der Waals surface area (Å²) in [5.74, 6) is 0.269. The van der Waals surface area contributed by atoms with E-state index in [1.54, 1.807) is 43.1 Å². The summed E-state index contributed by atoms with van der Waals surface area (Å²) in [6, 6.07) is 6.60. The molecule has 0 spiro atoms. The van der Waals surface area contributed by atoms with Crippen molar-refractivity contribution < 1.29 is 13.2 Å². The highest BCUT2D eigenvalue weighted by Gasteiger charge is 2.16. The van der Waals surface area contributed by atoms with E-state index in [9.17, 15) is 13.2 Å². The number of amides is 1. The third-order valence-corrected chi connectivity index (χ3v) is 5.35. The maximum atomic E-state index is 12.5. The molecule has 0 aliphatic carbocycles. The summed E-state index contributed by atoms with van der Waals surface area (Å²) >= 11 is 0. The summed E-state index contributed by atoms with van der Waals surface area (Å²) in [5.41, 5.74) is 6.87. The van der Waals surface area contributed by atoms with Crippen LogP contribution in [0.1, 0.15) is 44.0 Å². The van der Waals surface area contributed by atoms with Crippen LogP contribution < -0.4 is 10.5 Å². The van der Waals surface area contributed by atoms with Gasteiger partial charge in [-0.3, -0.25) is 9.52 Å². The van der Waals surface area contributed by atoms with Crippen molar-refractivity contribution >= 4 is 34.0 Å². The third-order valence-electron chi connectivity index (χ3n) is 3.86. The van der Waals surface area contributed by atoms with E-state index in [-0.39, 0.29) is 30.1 Å². The molecule has 1 atom stereocenters. The summed E-state index contributed by atoms with van der Waals surface area (Å²) in [5, 5.41) is 0. The van der Waals surface area contributed by atoms with E-state index in [2.05, 4.69) is 18.6 Å². The van der Waals surface area contributed by atoms with Crippen molar-refractivity contribution in [1.82, 2.24) is 4.90 Å². The van der Waals surface area contributed by atoms with E-state index in [4.69, 9.17) is 5.73 Å². The fourth-order valence-corrected chi connectivity index (χ4v) is 3.34. The zero-order valence-electron chi connectivity index (χ0n) is 15.4. The Morgan fingerprint density at radius 2 is 1.96 bits per heavy atom. The van der Waals surface area contributed by atoms with Gasteiger partial charge in [-0.1, -0.05) is 26.8 Å². The van der Waals surface area contributed by atoms with Crippen LogP contribution in [0.3, 0.4) is 0 Å². The largest absolute Gasteiger partial charge is 0.342 e. The number of anilines is 1. The topological polar surface area (TPSA) is 92.5 Å². The number of nitrogens with one attached hydrogen (secondary N) is 1. The first-order valence-corrected chi connectivity index (χ1v) is 9.93. The van der Waals surface area contributed by atoms with Gasteiger partial charge >= 0.3 is 0 Å². The van der Waals surface area contributed by atoms with E-state index in [0.29, 0.717) is 30.1 Å². The molecule has 144 valence electrons. The molecule has 1 unspecified atom stereocenters. The quantitative estimate of drug-likeness (QED) is 0.676. The molecule has 0 heterocycles. The highest BCUT2D eigenvalue weighted by molar-refractivity contribution is 7.92. The van der Waals surface area contributed by atoms with Crippen LogP contribution in [0, 0.1) is 5.92 Å². The molecule has 0 aromatic heterocycles. The van der Waals surface area contributed by atoms with Crippen LogP contribution in [0.5, 0.6) is 0 Å². The van der Waals surface area contributed by atoms with Gasteiger partial charge in [0.25, 0.3) is 5.91 Å². The lowest BCUT2D eigenvalue weighted by atomic mass is 10.0. The molecule has 0 radical (unpaired) electrons. The minimum atomic E-state index is -3.37. The van der Waals surface area contributed by atoms with Gasteiger partial charge in [-0.15, -0.1) is 12.4 Å². The van der Waals surface area contributed by atoms with E-state index in [1.807, 2.05) is 0 Å². The zero-order chi connectivity index (χ0) is 18.3. The second-order valence-corrected chi connectivity index (χ2v) is 8.27. The maximum absolute atomic E-state index is 12.5. The SMILES string of the molecule is CCCS(=O)(=O)Nc1cccc(C(=O)N(C)CCC(N)C(C)C)c1.Cl. The van der Waals surface area contributed by atoms with E-state index in [1.165, 1.54) is 0 Å². The molecule has 0 saturated carbocycles. The minimum Gasteiger partial charge on any atom is -0.342 e. The molecule has 1 rings (SSSR count). The summed E-state index contributed by atoms with van der Waals surface area (Å²) < 4.78 is 26.2. The summed E-state index contributed by atoms with van der Waals surface area (Å²) in [6.07, 6.45) is 1.26. The van der Waals surface area contributed by atoms with Crippen LogP contribution in [-0.2, 0) is 10.0 Å². The van der Waals surface area contributed by atoms with Crippen molar-refractivity contribution in [3.8, 4) is 0 Å². The second kappa shape index (κ2) is 10.6. The average molecular weight is 392 g/mol. The number of sulfonamides is 1. The predicted octanol–water partition coefficient (Wildman–Crippen LogP) is 2.71. The second-order valence-electron chi connectivity index (χ2n) is 6.42. The lowest BCUT2D eigenvalue weighted by Crippen LogP contribution is -2.34. The first-order valence-electron chi connectivity index (χ1n) is 8.28. The number of benzene rings is 1. The van der Waals surface area contributed by atoms with Crippen LogP contribution in [0.15, 0.2) is 24.3 Å². The predicted molar refractivity (Wildman–Crippen MR) is 106 cm³/mol. The van der Waals surface area contributed by atoms with Crippen LogP contribution in [0.25, 0.3) is 0 Å². The lowest BCUT2D eigenvalue weighted by Gasteiger charge is -2.22. The van der Waals surface area contributed by atoms with Crippen LogP contribution >= 0.6 is 12.4 Å². The molecule has 6 nitrogen and oxygen atoms in total. The number of nitrogens with zero attached hydrogens (tertiary/aromatic N) is 1. The Labute approximate surface area is 157 Å². The van der Waals surface area contributed by atoms with Crippen molar-refractivity contribution in [2.75, 3.05) is 24.1 Å². The normalized spacial score (nSPS) is 12.4. The summed E-state index contributed by atoms with van der Waals surface area (Å²) in [7, 11) is -1.64. The monoisotopic (exact) mass is 391 g/mol. The highest BCUT2D eigenvalue weighted by Crippen LogP contribution is 2.15. The summed E-state index contributed by atoms with van der Waals surface area (Å²) in [4.78, 5) is 14.1. The van der Waals surface area contributed by atoms with Gasteiger partial charge in [-0.25, -0.2) is 8.42 Å². The lowest BCUT2D eigenvalue weighted by molar-refractivity contribution is 0.0789. The highest BCUT2D eigenvalue weighted by atomic mass is 35.5. The van der Waals surface area contributed by atoms with Crippen molar-refractivity contribution in [2.45, 2.75) is 39.7 Å². The zero-order valence-corrected chi connectivity index (χ0v) is 17.0. The number of carbonyl (C=O) groups excluding carboxylic acids is 1. The molecular formula is C17H30ClN3O3S. The Balaban J connectivity index is 0.00000576. The third kappa shape index (κ3) is 8.07. The maximum Gasteiger partial charge on any atom is 0.253 e. The van der Waals surface area contributed by atoms with Gasteiger partial charge in [0.2, 0.25) is 10.0 Å². The molecule has 3 N–H and O–H groups in total. The number of hydrogen-bond donors (Lipinski definition) is 2. The first kappa shape index (κ1) is 23.7. The van der Waals surface area contributed by atoms with Gasteiger partial charge in [-0.2, -0.15) is 0 Å². The number of nitrogens with two attached hydrogens (primary N) is 1. The van der Waals surface area contributed by atoms with Crippen molar-refractivity contribution in [2.24, 2.45) is 11.7 Å². The summed E-state index contributed by atoms with van der Waals surface area (Å²) in [6.45, 7) is 6.47. The fraction of sp³-hybridized carbons (Fsp3) is 0.588.